The number of aliphatic hydroxyl groups excluding tert-OH is 1. The molecule has 0 saturated carbocycles. The molecule has 0 heterocycles. The lowest BCUT2D eigenvalue weighted by Gasteiger charge is -2.11. The third-order valence-electron chi connectivity index (χ3n) is 3.60. The van der Waals surface area contributed by atoms with E-state index in [4.69, 9.17) is 0 Å². The van der Waals surface area contributed by atoms with Crippen molar-refractivity contribution in [3.63, 3.8) is 0 Å². The van der Waals surface area contributed by atoms with Crippen molar-refractivity contribution >= 4 is 10.8 Å². The number of benzene rings is 3. The summed E-state index contributed by atoms with van der Waals surface area (Å²) < 4.78 is 0. The van der Waals surface area contributed by atoms with E-state index in [1.165, 1.54) is 21.9 Å². The van der Waals surface area contributed by atoms with Crippen LogP contribution in [0.2, 0.25) is 0 Å². The first-order valence-electron chi connectivity index (χ1n) is 7.01. The van der Waals surface area contributed by atoms with Crippen LogP contribution < -0.4 is 0 Å². The van der Waals surface area contributed by atoms with Crippen molar-refractivity contribution in [3.8, 4) is 0 Å². The summed E-state index contributed by atoms with van der Waals surface area (Å²) in [4.78, 5) is 0. The molecule has 1 N–H and O–H groups in total. The second kappa shape index (κ2) is 5.89. The molecule has 20 heavy (non-hydrogen) atoms. The van der Waals surface area contributed by atoms with Gasteiger partial charge in [0.05, 0.1) is 6.10 Å². The van der Waals surface area contributed by atoms with Crippen molar-refractivity contribution in [2.24, 2.45) is 0 Å². The lowest BCUT2D eigenvalue weighted by Crippen LogP contribution is -2.13. The molecule has 0 saturated heterocycles. The Balaban J connectivity index is 1.72. The van der Waals surface area contributed by atoms with Crippen LogP contribution in [0.3, 0.4) is 0 Å². The maximum Gasteiger partial charge on any atom is 0.0620 e. The van der Waals surface area contributed by atoms with Gasteiger partial charge in [-0.15, -0.1) is 0 Å². The Hall–Kier alpha value is -2.12. The fourth-order valence-corrected chi connectivity index (χ4v) is 2.60. The molecule has 1 atom stereocenters. The predicted molar refractivity (Wildman–Crippen MR) is 83.8 cm³/mol. The minimum atomic E-state index is -0.335. The molecule has 0 aliphatic rings. The van der Waals surface area contributed by atoms with Crippen molar-refractivity contribution < 1.29 is 5.11 Å². The third kappa shape index (κ3) is 3.06. The molecule has 1 nitrogen and oxygen atoms in total. The quantitative estimate of drug-likeness (QED) is 0.754. The van der Waals surface area contributed by atoms with Crippen LogP contribution in [0, 0.1) is 0 Å². The first kappa shape index (κ1) is 12.9. The van der Waals surface area contributed by atoms with E-state index < -0.39 is 0 Å². The molecule has 0 amide bonds. The highest BCUT2D eigenvalue weighted by Crippen LogP contribution is 2.17. The van der Waals surface area contributed by atoms with Gasteiger partial charge in [0.2, 0.25) is 0 Å². The van der Waals surface area contributed by atoms with Gasteiger partial charge in [-0.3, -0.25) is 0 Å². The van der Waals surface area contributed by atoms with Gasteiger partial charge in [0.15, 0.2) is 0 Å². The van der Waals surface area contributed by atoms with Crippen LogP contribution in [0.4, 0.5) is 0 Å². The van der Waals surface area contributed by atoms with Gasteiger partial charge < -0.3 is 5.11 Å². The lowest BCUT2D eigenvalue weighted by atomic mass is 9.99. The zero-order chi connectivity index (χ0) is 13.8. The highest BCUT2D eigenvalue weighted by molar-refractivity contribution is 5.82. The summed E-state index contributed by atoms with van der Waals surface area (Å²) in [6.45, 7) is 0. The summed E-state index contributed by atoms with van der Waals surface area (Å²) in [6.07, 6.45) is 1.06. The summed E-state index contributed by atoms with van der Waals surface area (Å²) in [5.41, 5.74) is 2.37. The second-order valence-electron chi connectivity index (χ2n) is 5.23. The largest absolute Gasteiger partial charge is 0.392 e. The van der Waals surface area contributed by atoms with E-state index in [9.17, 15) is 5.11 Å². The molecule has 0 aromatic heterocycles. The number of hydrogen-bond donors (Lipinski definition) is 1. The van der Waals surface area contributed by atoms with Crippen molar-refractivity contribution in [2.45, 2.75) is 18.9 Å². The van der Waals surface area contributed by atoms with Crippen LogP contribution in [-0.2, 0) is 12.8 Å². The summed E-state index contributed by atoms with van der Waals surface area (Å²) in [6, 6.07) is 24.9. The van der Waals surface area contributed by atoms with Gasteiger partial charge in [-0.1, -0.05) is 72.8 Å². The number of hydrogen-bond acceptors (Lipinski definition) is 1. The van der Waals surface area contributed by atoms with E-state index in [1.54, 1.807) is 0 Å². The summed E-state index contributed by atoms with van der Waals surface area (Å²) in [5.74, 6) is 0. The molecule has 3 aromatic rings. The van der Waals surface area contributed by atoms with Crippen LogP contribution in [0.25, 0.3) is 10.8 Å². The van der Waals surface area contributed by atoms with Crippen LogP contribution >= 0.6 is 0 Å². The number of rotatable bonds is 4. The van der Waals surface area contributed by atoms with E-state index in [0.29, 0.717) is 12.8 Å². The average Bonchev–Trinajstić information content (AvgIpc) is 2.48. The minimum Gasteiger partial charge on any atom is -0.392 e. The van der Waals surface area contributed by atoms with Crippen LogP contribution in [0.1, 0.15) is 11.1 Å². The maximum atomic E-state index is 10.2. The normalized spacial score (nSPS) is 12.4. The first-order valence-corrected chi connectivity index (χ1v) is 7.01. The number of fused-ring (bicyclic) bond motifs is 1. The topological polar surface area (TPSA) is 20.2 Å². The van der Waals surface area contributed by atoms with E-state index in [0.717, 1.165) is 0 Å². The molecule has 3 rings (SSSR count). The van der Waals surface area contributed by atoms with Crippen LogP contribution in [-0.4, -0.2) is 11.2 Å². The van der Waals surface area contributed by atoms with E-state index in [-0.39, 0.29) is 6.10 Å². The van der Waals surface area contributed by atoms with Gasteiger partial charge in [0.1, 0.15) is 0 Å². The summed E-state index contributed by atoms with van der Waals surface area (Å²) in [7, 11) is 0. The maximum absolute atomic E-state index is 10.2. The molecule has 0 fully saturated rings. The van der Waals surface area contributed by atoms with Crippen LogP contribution in [0.5, 0.6) is 0 Å². The van der Waals surface area contributed by atoms with E-state index >= 15 is 0 Å². The molecular weight excluding hydrogens is 244 g/mol. The van der Waals surface area contributed by atoms with Gasteiger partial charge in [0.25, 0.3) is 0 Å². The zero-order valence-electron chi connectivity index (χ0n) is 11.4. The average molecular weight is 262 g/mol. The van der Waals surface area contributed by atoms with Crippen molar-refractivity contribution in [2.75, 3.05) is 0 Å². The van der Waals surface area contributed by atoms with E-state index in [2.05, 4.69) is 42.5 Å². The zero-order valence-corrected chi connectivity index (χ0v) is 11.4. The Morgan fingerprint density at radius 3 is 2.10 bits per heavy atom. The Morgan fingerprint density at radius 2 is 1.30 bits per heavy atom. The van der Waals surface area contributed by atoms with Gasteiger partial charge in [0, 0.05) is 0 Å². The molecule has 0 spiro atoms. The monoisotopic (exact) mass is 262 g/mol. The minimum absolute atomic E-state index is 0.335. The van der Waals surface area contributed by atoms with Gasteiger partial charge in [-0.2, -0.15) is 0 Å². The molecule has 0 aliphatic carbocycles. The summed E-state index contributed by atoms with van der Waals surface area (Å²) in [5, 5.41) is 12.7. The molecule has 1 unspecified atom stereocenters. The molecule has 100 valence electrons. The number of aliphatic hydroxyl groups is 1. The Morgan fingerprint density at radius 1 is 0.650 bits per heavy atom. The smallest absolute Gasteiger partial charge is 0.0620 e. The second-order valence-corrected chi connectivity index (χ2v) is 5.23. The van der Waals surface area contributed by atoms with Gasteiger partial charge in [-0.05, 0) is 34.7 Å². The molecular formula is C19H18O. The van der Waals surface area contributed by atoms with Crippen LogP contribution in [0.15, 0.2) is 72.8 Å². The molecule has 0 aliphatic heterocycles. The van der Waals surface area contributed by atoms with Gasteiger partial charge >= 0.3 is 0 Å². The highest BCUT2D eigenvalue weighted by Gasteiger charge is 2.07. The molecule has 1 heteroatoms. The van der Waals surface area contributed by atoms with Crippen molar-refractivity contribution in [3.05, 3.63) is 83.9 Å². The fourth-order valence-electron chi connectivity index (χ4n) is 2.60. The summed E-state index contributed by atoms with van der Waals surface area (Å²) >= 11 is 0. The SMILES string of the molecule is OC(Cc1ccccc1)Cc1ccc2ccccc2c1. The van der Waals surface area contributed by atoms with Crippen molar-refractivity contribution in [1.29, 1.82) is 0 Å². The predicted octanol–water partition coefficient (Wildman–Crippen LogP) is 3.99. The Labute approximate surface area is 119 Å². The highest BCUT2D eigenvalue weighted by atomic mass is 16.3. The molecule has 3 aromatic carbocycles. The van der Waals surface area contributed by atoms with Crippen molar-refractivity contribution in [1.82, 2.24) is 0 Å². The Kier molecular flexibility index (Phi) is 3.80. The lowest BCUT2D eigenvalue weighted by molar-refractivity contribution is 0.175. The molecule has 0 radical (unpaired) electrons. The molecule has 0 bridgehead atoms. The fraction of sp³-hybridized carbons (Fsp3) is 0.158. The van der Waals surface area contributed by atoms with Gasteiger partial charge in [-0.25, -0.2) is 0 Å². The third-order valence-corrected chi connectivity index (χ3v) is 3.60. The van der Waals surface area contributed by atoms with E-state index in [1.807, 2.05) is 30.3 Å². The Bertz CT molecular complexity index is 688. The first-order chi connectivity index (χ1) is 9.81. The standard InChI is InChI=1S/C19H18O/c20-19(13-15-6-2-1-3-7-15)14-16-10-11-17-8-4-5-9-18(17)12-16/h1-12,19-20H,13-14H2.